The molecule has 0 saturated heterocycles. The molecule has 0 saturated carbocycles. The van der Waals surface area contributed by atoms with Gasteiger partial charge in [-0.1, -0.05) is 18.2 Å². The molecule has 1 N–H and O–H groups in total. The van der Waals surface area contributed by atoms with Crippen molar-refractivity contribution in [1.82, 2.24) is 0 Å². The lowest BCUT2D eigenvalue weighted by Crippen LogP contribution is -2.09. The van der Waals surface area contributed by atoms with Gasteiger partial charge in [-0.2, -0.15) is 0 Å². The summed E-state index contributed by atoms with van der Waals surface area (Å²) in [5.41, 5.74) is 1.88. The highest BCUT2D eigenvalue weighted by Gasteiger charge is 2.06. The van der Waals surface area contributed by atoms with Crippen LogP contribution in [-0.2, 0) is 11.3 Å². The number of hydrogen-bond acceptors (Lipinski definition) is 3. The van der Waals surface area contributed by atoms with Gasteiger partial charge in [0, 0.05) is 12.8 Å². The van der Waals surface area contributed by atoms with E-state index in [-0.39, 0.29) is 5.91 Å². The highest BCUT2D eigenvalue weighted by atomic mass is 32.1. The van der Waals surface area contributed by atoms with Crippen molar-refractivity contribution in [3.8, 4) is 0 Å². The zero-order valence-corrected chi connectivity index (χ0v) is 10.3. The quantitative estimate of drug-likeness (QED) is 0.901. The number of benzene rings is 1. The SMILES string of the molecule is COCc1ccc(NC(=O)c2cccs2)cc1. The van der Waals surface area contributed by atoms with Crippen LogP contribution in [0, 0.1) is 0 Å². The van der Waals surface area contributed by atoms with Gasteiger partial charge in [-0.15, -0.1) is 11.3 Å². The van der Waals surface area contributed by atoms with Crippen molar-refractivity contribution in [2.45, 2.75) is 6.61 Å². The lowest BCUT2D eigenvalue weighted by Gasteiger charge is -2.05. The molecule has 4 heteroatoms. The van der Waals surface area contributed by atoms with Gasteiger partial charge in [0.2, 0.25) is 0 Å². The van der Waals surface area contributed by atoms with E-state index in [0.717, 1.165) is 11.3 Å². The van der Waals surface area contributed by atoms with E-state index < -0.39 is 0 Å². The summed E-state index contributed by atoms with van der Waals surface area (Å²) in [5, 5.41) is 4.73. The summed E-state index contributed by atoms with van der Waals surface area (Å²) < 4.78 is 5.02. The van der Waals surface area contributed by atoms with Crippen molar-refractivity contribution in [1.29, 1.82) is 0 Å². The molecule has 17 heavy (non-hydrogen) atoms. The van der Waals surface area contributed by atoms with Gasteiger partial charge < -0.3 is 10.1 Å². The summed E-state index contributed by atoms with van der Waals surface area (Å²) >= 11 is 1.43. The van der Waals surface area contributed by atoms with Crippen molar-refractivity contribution in [2.24, 2.45) is 0 Å². The van der Waals surface area contributed by atoms with E-state index in [9.17, 15) is 4.79 Å². The molecular formula is C13H13NO2S. The maximum absolute atomic E-state index is 11.8. The molecule has 1 aromatic carbocycles. The molecule has 88 valence electrons. The maximum atomic E-state index is 11.8. The third-order valence-corrected chi connectivity index (χ3v) is 3.14. The van der Waals surface area contributed by atoms with Crippen LogP contribution in [0.25, 0.3) is 0 Å². The van der Waals surface area contributed by atoms with Crippen molar-refractivity contribution in [3.63, 3.8) is 0 Å². The first kappa shape index (κ1) is 11.8. The summed E-state index contributed by atoms with van der Waals surface area (Å²) in [7, 11) is 1.66. The molecule has 2 aromatic rings. The minimum atomic E-state index is -0.0699. The van der Waals surface area contributed by atoms with E-state index >= 15 is 0 Å². The number of carbonyl (C=O) groups excluding carboxylic acids is 1. The molecule has 0 unspecified atom stereocenters. The molecule has 0 spiro atoms. The largest absolute Gasteiger partial charge is 0.380 e. The van der Waals surface area contributed by atoms with Crippen LogP contribution >= 0.6 is 11.3 Å². The first-order chi connectivity index (χ1) is 8.29. The summed E-state index contributed by atoms with van der Waals surface area (Å²) in [6, 6.07) is 11.3. The summed E-state index contributed by atoms with van der Waals surface area (Å²) in [6.45, 7) is 0.582. The zero-order valence-electron chi connectivity index (χ0n) is 9.47. The Morgan fingerprint density at radius 2 is 2.06 bits per heavy atom. The molecule has 0 fully saturated rings. The van der Waals surface area contributed by atoms with Crippen molar-refractivity contribution < 1.29 is 9.53 Å². The van der Waals surface area contributed by atoms with E-state index in [1.54, 1.807) is 13.2 Å². The summed E-state index contributed by atoms with van der Waals surface area (Å²) in [4.78, 5) is 12.5. The number of ether oxygens (including phenoxy) is 1. The van der Waals surface area contributed by atoms with Gasteiger partial charge in [-0.05, 0) is 29.1 Å². The Morgan fingerprint density at radius 3 is 2.65 bits per heavy atom. The van der Waals surface area contributed by atoms with Crippen LogP contribution in [0.1, 0.15) is 15.2 Å². The van der Waals surface area contributed by atoms with Gasteiger partial charge in [-0.25, -0.2) is 0 Å². The van der Waals surface area contributed by atoms with Gasteiger partial charge in [0.1, 0.15) is 0 Å². The number of methoxy groups -OCH3 is 1. The number of carbonyl (C=O) groups is 1. The molecule has 3 nitrogen and oxygen atoms in total. The van der Waals surface area contributed by atoms with E-state index in [4.69, 9.17) is 4.74 Å². The van der Waals surface area contributed by atoms with E-state index in [1.807, 2.05) is 35.7 Å². The number of hydrogen-bond donors (Lipinski definition) is 1. The predicted molar refractivity (Wildman–Crippen MR) is 69.4 cm³/mol. The third kappa shape index (κ3) is 3.15. The van der Waals surface area contributed by atoms with Gasteiger partial charge >= 0.3 is 0 Å². The van der Waals surface area contributed by atoms with E-state index in [0.29, 0.717) is 11.5 Å². The summed E-state index contributed by atoms with van der Waals surface area (Å²) in [6.07, 6.45) is 0. The number of thiophene rings is 1. The lowest BCUT2D eigenvalue weighted by atomic mass is 10.2. The van der Waals surface area contributed by atoms with Crippen LogP contribution in [0.15, 0.2) is 41.8 Å². The van der Waals surface area contributed by atoms with Gasteiger partial charge in [0.05, 0.1) is 11.5 Å². The highest BCUT2D eigenvalue weighted by molar-refractivity contribution is 7.12. The molecule has 0 aliphatic carbocycles. The summed E-state index contributed by atoms with van der Waals surface area (Å²) in [5.74, 6) is -0.0699. The van der Waals surface area contributed by atoms with E-state index in [1.165, 1.54) is 11.3 Å². The third-order valence-electron chi connectivity index (χ3n) is 2.27. The van der Waals surface area contributed by atoms with E-state index in [2.05, 4.69) is 5.32 Å². The minimum absolute atomic E-state index is 0.0699. The second-order valence-corrected chi connectivity index (χ2v) is 4.51. The average molecular weight is 247 g/mol. The lowest BCUT2D eigenvalue weighted by molar-refractivity contribution is 0.103. The number of nitrogens with one attached hydrogen (secondary N) is 1. The van der Waals surface area contributed by atoms with Crippen molar-refractivity contribution in [3.05, 3.63) is 52.2 Å². The maximum Gasteiger partial charge on any atom is 0.265 e. The average Bonchev–Trinajstić information content (AvgIpc) is 2.86. The molecule has 0 atom stereocenters. The fourth-order valence-electron chi connectivity index (χ4n) is 1.45. The smallest absolute Gasteiger partial charge is 0.265 e. The second-order valence-electron chi connectivity index (χ2n) is 3.56. The standard InChI is InChI=1S/C13H13NO2S/c1-16-9-10-4-6-11(7-5-10)14-13(15)12-3-2-8-17-12/h2-8H,9H2,1H3,(H,14,15). The van der Waals surface area contributed by atoms with Gasteiger partial charge in [0.25, 0.3) is 5.91 Å². The minimum Gasteiger partial charge on any atom is -0.380 e. The van der Waals surface area contributed by atoms with Crippen LogP contribution in [-0.4, -0.2) is 13.0 Å². The fraction of sp³-hybridized carbons (Fsp3) is 0.154. The Bertz CT molecular complexity index is 477. The molecule has 0 aliphatic rings. The Hall–Kier alpha value is -1.65. The van der Waals surface area contributed by atoms with Crippen LogP contribution in [0.5, 0.6) is 0 Å². The molecular weight excluding hydrogens is 234 g/mol. The topological polar surface area (TPSA) is 38.3 Å². The Balaban J connectivity index is 2.01. The van der Waals surface area contributed by atoms with Gasteiger partial charge in [0.15, 0.2) is 0 Å². The molecule has 1 amide bonds. The number of amides is 1. The normalized spacial score (nSPS) is 10.2. The number of anilines is 1. The highest BCUT2D eigenvalue weighted by Crippen LogP contribution is 2.14. The first-order valence-electron chi connectivity index (χ1n) is 5.22. The molecule has 0 radical (unpaired) electrons. The zero-order chi connectivity index (χ0) is 12.1. The first-order valence-corrected chi connectivity index (χ1v) is 6.10. The molecule has 0 bridgehead atoms. The second kappa shape index (κ2) is 5.61. The Kier molecular flexibility index (Phi) is 3.90. The van der Waals surface area contributed by atoms with Crippen LogP contribution < -0.4 is 5.32 Å². The van der Waals surface area contributed by atoms with Crippen LogP contribution in [0.4, 0.5) is 5.69 Å². The molecule has 1 heterocycles. The molecule has 1 aromatic heterocycles. The van der Waals surface area contributed by atoms with Crippen molar-refractivity contribution in [2.75, 3.05) is 12.4 Å². The number of rotatable bonds is 4. The van der Waals surface area contributed by atoms with Gasteiger partial charge in [-0.3, -0.25) is 4.79 Å². The van der Waals surface area contributed by atoms with Crippen LogP contribution in [0.2, 0.25) is 0 Å². The van der Waals surface area contributed by atoms with Crippen molar-refractivity contribution >= 4 is 22.9 Å². The molecule has 0 aliphatic heterocycles. The predicted octanol–water partition coefficient (Wildman–Crippen LogP) is 3.15. The van der Waals surface area contributed by atoms with Crippen LogP contribution in [0.3, 0.4) is 0 Å². The monoisotopic (exact) mass is 247 g/mol. The Morgan fingerprint density at radius 1 is 1.29 bits per heavy atom. The molecule has 2 rings (SSSR count). The Labute approximate surface area is 104 Å². The fourth-order valence-corrected chi connectivity index (χ4v) is 2.07.